The molecule has 0 aliphatic rings. The normalized spacial score (nSPS) is 11.5. The van der Waals surface area contributed by atoms with Crippen molar-refractivity contribution in [1.29, 1.82) is 0 Å². The molecule has 0 saturated carbocycles. The van der Waals surface area contributed by atoms with E-state index < -0.39 is 0 Å². The van der Waals surface area contributed by atoms with Crippen LogP contribution in [-0.4, -0.2) is 36.1 Å². The zero-order valence-corrected chi connectivity index (χ0v) is 26.3. The minimum atomic E-state index is 0. The van der Waals surface area contributed by atoms with E-state index in [0.717, 1.165) is 38.4 Å². The second-order valence-electron chi connectivity index (χ2n) is 11.7. The molecule has 0 atom stereocenters. The van der Waals surface area contributed by atoms with Gasteiger partial charge in [-0.3, -0.25) is 9.88 Å². The van der Waals surface area contributed by atoms with Crippen LogP contribution in [0, 0.1) is 0 Å². The van der Waals surface area contributed by atoms with E-state index in [1.54, 1.807) is 0 Å². The fourth-order valence-electron chi connectivity index (χ4n) is 5.18. The van der Waals surface area contributed by atoms with Crippen LogP contribution < -0.4 is 10.6 Å². The Hall–Kier alpha value is -2.33. The summed E-state index contributed by atoms with van der Waals surface area (Å²) in [4.78, 5) is 7.13. The van der Waals surface area contributed by atoms with Crippen molar-refractivity contribution in [2.24, 2.45) is 0 Å². The van der Waals surface area contributed by atoms with Gasteiger partial charge >= 0.3 is 0 Å². The van der Waals surface area contributed by atoms with Crippen LogP contribution in [-0.2, 0) is 23.6 Å². The number of hydrogen-bond acceptors (Lipinski definition) is 4. The smallest absolute Gasteiger partial charge is 0.0543 e. The molecule has 1 aromatic heterocycles. The van der Waals surface area contributed by atoms with Crippen molar-refractivity contribution in [3.63, 3.8) is 0 Å². The summed E-state index contributed by atoms with van der Waals surface area (Å²) in [5.41, 5.74) is 9.37. The first-order valence-electron chi connectivity index (χ1n) is 14.5. The number of nitrogens with zero attached hydrogens (tertiary/aromatic N) is 2. The molecule has 39 heavy (non-hydrogen) atoms. The summed E-state index contributed by atoms with van der Waals surface area (Å²) in [5.74, 6) is 1.95. The van der Waals surface area contributed by atoms with E-state index in [-0.39, 0.29) is 17.1 Å². The molecule has 0 fully saturated rings. The third-order valence-corrected chi connectivity index (χ3v) is 7.32. The number of benzene rings is 2. The van der Waals surface area contributed by atoms with E-state index >= 15 is 0 Å². The third-order valence-electron chi connectivity index (χ3n) is 7.32. The van der Waals surface area contributed by atoms with Crippen molar-refractivity contribution in [2.45, 2.75) is 85.6 Å². The summed E-state index contributed by atoms with van der Waals surface area (Å²) in [6.45, 7) is 22.8. The van der Waals surface area contributed by atoms with Crippen molar-refractivity contribution in [3.8, 4) is 0 Å². The van der Waals surface area contributed by atoms with Crippen LogP contribution in [0.1, 0.15) is 107 Å². The van der Waals surface area contributed by atoms with Gasteiger partial charge in [0, 0.05) is 67.4 Å². The molecule has 0 unspecified atom stereocenters. The Morgan fingerprint density at radius 3 is 1.33 bits per heavy atom. The molecule has 0 saturated heterocycles. The van der Waals surface area contributed by atoms with Crippen molar-refractivity contribution >= 4 is 11.4 Å². The van der Waals surface area contributed by atoms with Crippen LogP contribution in [0.15, 0.2) is 60.8 Å². The zero-order chi connectivity index (χ0) is 27.7. The molecule has 217 valence electrons. The molecule has 0 amide bonds. The van der Waals surface area contributed by atoms with Crippen LogP contribution in [0.2, 0.25) is 0 Å². The van der Waals surface area contributed by atoms with Gasteiger partial charge in [-0.1, -0.05) is 97.9 Å². The zero-order valence-electron chi connectivity index (χ0n) is 25.3. The SMILES string of the molecule is CC(C)c1cccc(C(C)C)c1NCCN(CCNc1c(C(C)C)cccc1C(C)C)Cc1ccccn1.[Cu]. The summed E-state index contributed by atoms with van der Waals surface area (Å²) in [6, 6.07) is 19.7. The van der Waals surface area contributed by atoms with Crippen molar-refractivity contribution in [2.75, 3.05) is 36.8 Å². The number of anilines is 2. The molecule has 0 aliphatic heterocycles. The number of pyridine rings is 1. The Morgan fingerprint density at radius 2 is 1.00 bits per heavy atom. The molecule has 1 heterocycles. The van der Waals surface area contributed by atoms with E-state index in [4.69, 9.17) is 0 Å². The van der Waals surface area contributed by atoms with E-state index in [2.05, 4.69) is 124 Å². The van der Waals surface area contributed by atoms with Crippen molar-refractivity contribution < 1.29 is 17.1 Å². The first-order chi connectivity index (χ1) is 18.2. The second kappa shape index (κ2) is 16.1. The number of nitrogens with one attached hydrogen (secondary N) is 2. The molecular formula is C34H50CuN4. The van der Waals surface area contributed by atoms with E-state index in [1.165, 1.54) is 33.6 Å². The monoisotopic (exact) mass is 577 g/mol. The maximum Gasteiger partial charge on any atom is 0.0543 e. The van der Waals surface area contributed by atoms with Crippen molar-refractivity contribution in [1.82, 2.24) is 9.88 Å². The van der Waals surface area contributed by atoms with Gasteiger partial charge in [0.15, 0.2) is 0 Å². The minimum Gasteiger partial charge on any atom is -0.383 e. The summed E-state index contributed by atoms with van der Waals surface area (Å²) in [5, 5.41) is 7.67. The fraction of sp³-hybridized carbons (Fsp3) is 0.500. The molecule has 0 spiro atoms. The number of para-hydroxylation sites is 2. The van der Waals surface area contributed by atoms with Gasteiger partial charge in [0.1, 0.15) is 0 Å². The molecule has 4 nitrogen and oxygen atoms in total. The molecule has 1 radical (unpaired) electrons. The van der Waals surface area contributed by atoms with Gasteiger partial charge in [-0.25, -0.2) is 0 Å². The average Bonchev–Trinajstić information content (AvgIpc) is 2.88. The van der Waals surface area contributed by atoms with Crippen LogP contribution in [0.25, 0.3) is 0 Å². The third kappa shape index (κ3) is 9.38. The maximum atomic E-state index is 4.62. The molecule has 3 rings (SSSR count). The van der Waals surface area contributed by atoms with Gasteiger partial charge in [-0.2, -0.15) is 0 Å². The quantitative estimate of drug-likeness (QED) is 0.188. The predicted octanol–water partition coefficient (Wildman–Crippen LogP) is 8.60. The summed E-state index contributed by atoms with van der Waals surface area (Å²) >= 11 is 0. The Balaban J connectivity index is 0.00000533. The molecular weight excluding hydrogens is 528 g/mol. The first-order valence-corrected chi connectivity index (χ1v) is 14.5. The Bertz CT molecular complexity index is 1000. The molecule has 5 heteroatoms. The van der Waals surface area contributed by atoms with Gasteiger partial charge in [0.05, 0.1) is 5.69 Å². The number of rotatable bonds is 14. The number of aromatic nitrogens is 1. The molecule has 0 aliphatic carbocycles. The average molecular weight is 578 g/mol. The maximum absolute atomic E-state index is 4.62. The van der Waals surface area contributed by atoms with Crippen molar-refractivity contribution in [3.05, 3.63) is 88.7 Å². The topological polar surface area (TPSA) is 40.2 Å². The fourth-order valence-corrected chi connectivity index (χ4v) is 5.18. The second-order valence-corrected chi connectivity index (χ2v) is 11.7. The summed E-state index contributed by atoms with van der Waals surface area (Å²) in [7, 11) is 0. The Kier molecular flexibility index (Phi) is 13.5. The largest absolute Gasteiger partial charge is 0.383 e. The molecule has 2 N–H and O–H groups in total. The van der Waals surface area contributed by atoms with Crippen LogP contribution in [0.5, 0.6) is 0 Å². The number of hydrogen-bond donors (Lipinski definition) is 2. The minimum absolute atomic E-state index is 0. The Morgan fingerprint density at radius 1 is 0.590 bits per heavy atom. The van der Waals surface area contributed by atoms with Crippen LogP contribution in [0.4, 0.5) is 11.4 Å². The van der Waals surface area contributed by atoms with E-state index in [9.17, 15) is 0 Å². The van der Waals surface area contributed by atoms with E-state index in [1.807, 2.05) is 12.3 Å². The molecule has 2 aromatic carbocycles. The van der Waals surface area contributed by atoms with Crippen LogP contribution >= 0.6 is 0 Å². The van der Waals surface area contributed by atoms with Gasteiger partial charge < -0.3 is 10.6 Å². The first kappa shape index (κ1) is 32.9. The van der Waals surface area contributed by atoms with E-state index in [0.29, 0.717) is 23.7 Å². The molecule has 0 bridgehead atoms. The van der Waals surface area contributed by atoms with Gasteiger partial charge in [-0.15, -0.1) is 0 Å². The Labute approximate surface area is 248 Å². The van der Waals surface area contributed by atoms with Gasteiger partial charge in [0.2, 0.25) is 0 Å². The summed E-state index contributed by atoms with van der Waals surface area (Å²) < 4.78 is 0. The summed E-state index contributed by atoms with van der Waals surface area (Å²) in [6.07, 6.45) is 1.89. The standard InChI is InChI=1S/C34H50N4.Cu/c1-24(2)29-14-11-15-30(25(3)4)33(29)36-19-21-38(23-28-13-9-10-18-35-28)22-20-37-34-31(26(5)6)16-12-17-32(34)27(7)8;/h9-18,24-27,36-37H,19-23H2,1-8H3;. The van der Waals surface area contributed by atoms with Crippen LogP contribution in [0.3, 0.4) is 0 Å². The molecule has 3 aromatic rings. The van der Waals surface area contributed by atoms with Gasteiger partial charge in [-0.05, 0) is 58.1 Å². The predicted molar refractivity (Wildman–Crippen MR) is 166 cm³/mol. The van der Waals surface area contributed by atoms with Gasteiger partial charge in [0.25, 0.3) is 0 Å².